The lowest BCUT2D eigenvalue weighted by Crippen LogP contribution is -2.40. The number of benzene rings is 1. The van der Waals surface area contributed by atoms with Crippen LogP contribution >= 0.6 is 0 Å². The monoisotopic (exact) mass is 275 g/mol. The molecule has 0 bridgehead atoms. The van der Waals surface area contributed by atoms with Crippen LogP contribution in [0.4, 0.5) is 5.69 Å². The fourth-order valence-electron chi connectivity index (χ4n) is 2.07. The van der Waals surface area contributed by atoms with Gasteiger partial charge in [0.15, 0.2) is 0 Å². The molecule has 1 aliphatic rings. The number of nitrogens with zero attached hydrogens (tertiary/aromatic N) is 1. The summed E-state index contributed by atoms with van der Waals surface area (Å²) < 4.78 is 10.6. The molecular formula is C14H17N3O3. The second kappa shape index (κ2) is 6.89. The van der Waals surface area contributed by atoms with Crippen molar-refractivity contribution in [2.75, 3.05) is 32.1 Å². The number of nitrogens with one attached hydrogen (secondary N) is 2. The third kappa shape index (κ3) is 3.47. The van der Waals surface area contributed by atoms with Crippen LogP contribution in [-0.2, 0) is 9.53 Å². The van der Waals surface area contributed by atoms with E-state index in [1.165, 1.54) is 7.11 Å². The molecule has 106 valence electrons. The van der Waals surface area contributed by atoms with E-state index < -0.39 is 0 Å². The maximum Gasteiger partial charge on any atom is 0.227 e. The molecule has 1 aromatic carbocycles. The van der Waals surface area contributed by atoms with E-state index in [9.17, 15) is 4.79 Å². The Morgan fingerprint density at radius 1 is 1.65 bits per heavy atom. The number of carbonyl (C=O) groups is 1. The number of anilines is 1. The zero-order valence-electron chi connectivity index (χ0n) is 11.3. The predicted molar refractivity (Wildman–Crippen MR) is 73.6 cm³/mol. The zero-order chi connectivity index (χ0) is 14.4. The Balaban J connectivity index is 2.05. The molecule has 6 heteroatoms. The molecule has 0 saturated carbocycles. The van der Waals surface area contributed by atoms with E-state index in [0.29, 0.717) is 30.2 Å². The van der Waals surface area contributed by atoms with E-state index >= 15 is 0 Å². The molecule has 1 fully saturated rings. The lowest BCUT2D eigenvalue weighted by Gasteiger charge is -2.23. The van der Waals surface area contributed by atoms with Gasteiger partial charge in [-0.05, 0) is 12.1 Å². The zero-order valence-corrected chi connectivity index (χ0v) is 11.3. The second-order valence-electron chi connectivity index (χ2n) is 4.44. The van der Waals surface area contributed by atoms with Gasteiger partial charge in [-0.3, -0.25) is 4.79 Å². The van der Waals surface area contributed by atoms with E-state index in [4.69, 9.17) is 14.7 Å². The van der Waals surface area contributed by atoms with E-state index in [1.807, 2.05) is 6.07 Å². The maximum atomic E-state index is 12.0. The van der Waals surface area contributed by atoms with Crippen LogP contribution in [-0.4, -0.2) is 38.8 Å². The van der Waals surface area contributed by atoms with Gasteiger partial charge >= 0.3 is 0 Å². The number of hydrogen-bond acceptors (Lipinski definition) is 5. The van der Waals surface area contributed by atoms with Gasteiger partial charge in [-0.2, -0.15) is 5.26 Å². The van der Waals surface area contributed by atoms with Gasteiger partial charge in [-0.25, -0.2) is 0 Å². The number of rotatable bonds is 4. The molecule has 6 nitrogen and oxygen atoms in total. The van der Waals surface area contributed by atoms with Crippen molar-refractivity contribution < 1.29 is 14.3 Å². The van der Waals surface area contributed by atoms with E-state index in [-0.39, 0.29) is 18.4 Å². The molecule has 0 radical (unpaired) electrons. The summed E-state index contributed by atoms with van der Waals surface area (Å²) in [6.45, 7) is 2.07. The SMILES string of the molecule is COc1cccc(C#N)c1NC(=O)CC1CNCCO1. The fraction of sp³-hybridized carbons (Fsp3) is 0.429. The lowest BCUT2D eigenvalue weighted by molar-refractivity contribution is -0.119. The van der Waals surface area contributed by atoms with Gasteiger partial charge < -0.3 is 20.1 Å². The minimum atomic E-state index is -0.195. The summed E-state index contributed by atoms with van der Waals surface area (Å²) in [6, 6.07) is 7.09. The smallest absolute Gasteiger partial charge is 0.227 e. The highest BCUT2D eigenvalue weighted by molar-refractivity contribution is 5.94. The molecule has 2 N–H and O–H groups in total. The van der Waals surface area contributed by atoms with Crippen molar-refractivity contribution in [1.29, 1.82) is 5.26 Å². The van der Waals surface area contributed by atoms with Gasteiger partial charge in [0, 0.05) is 13.1 Å². The molecular weight excluding hydrogens is 258 g/mol. The number of hydrogen-bond donors (Lipinski definition) is 2. The van der Waals surface area contributed by atoms with Crippen LogP contribution < -0.4 is 15.4 Å². The highest BCUT2D eigenvalue weighted by atomic mass is 16.5. The number of morpholine rings is 1. The standard InChI is InChI=1S/C14H17N3O3/c1-19-12-4-2-3-10(8-15)14(12)17-13(18)7-11-9-16-5-6-20-11/h2-4,11,16H,5-7,9H2,1H3,(H,17,18). The molecule has 0 aromatic heterocycles. The predicted octanol–water partition coefficient (Wildman–Crippen LogP) is 0.884. The van der Waals surface area contributed by atoms with Gasteiger partial charge in [-0.15, -0.1) is 0 Å². The second-order valence-corrected chi connectivity index (χ2v) is 4.44. The van der Waals surface area contributed by atoms with Gasteiger partial charge in [0.2, 0.25) is 5.91 Å². The van der Waals surface area contributed by atoms with Crippen LogP contribution in [0.5, 0.6) is 5.75 Å². The molecule has 1 unspecified atom stereocenters. The summed E-state index contributed by atoms with van der Waals surface area (Å²) in [7, 11) is 1.50. The minimum absolute atomic E-state index is 0.135. The summed E-state index contributed by atoms with van der Waals surface area (Å²) in [5.74, 6) is 0.278. The number of methoxy groups -OCH3 is 1. The minimum Gasteiger partial charge on any atom is -0.495 e. The van der Waals surface area contributed by atoms with E-state index in [1.54, 1.807) is 18.2 Å². The van der Waals surface area contributed by atoms with Gasteiger partial charge in [0.05, 0.1) is 31.8 Å². The number of para-hydroxylation sites is 1. The molecule has 1 saturated heterocycles. The third-order valence-electron chi connectivity index (χ3n) is 3.05. The normalized spacial score (nSPS) is 18.1. The van der Waals surface area contributed by atoms with E-state index in [0.717, 1.165) is 6.54 Å². The average molecular weight is 275 g/mol. The lowest BCUT2D eigenvalue weighted by atomic mass is 10.1. The maximum absolute atomic E-state index is 12.0. The Morgan fingerprint density at radius 2 is 2.50 bits per heavy atom. The molecule has 0 spiro atoms. The summed E-state index contributed by atoms with van der Waals surface area (Å²) in [5, 5.41) is 15.0. The third-order valence-corrected chi connectivity index (χ3v) is 3.05. The molecule has 1 atom stereocenters. The van der Waals surface area contributed by atoms with Crippen molar-refractivity contribution in [1.82, 2.24) is 5.32 Å². The first-order valence-electron chi connectivity index (χ1n) is 6.44. The molecule has 1 heterocycles. The van der Waals surface area contributed by atoms with Gasteiger partial charge in [-0.1, -0.05) is 6.07 Å². The van der Waals surface area contributed by atoms with Crippen LogP contribution in [0.15, 0.2) is 18.2 Å². The molecule has 0 aliphatic carbocycles. The van der Waals surface area contributed by atoms with Crippen LogP contribution in [0.3, 0.4) is 0 Å². The highest BCUT2D eigenvalue weighted by Gasteiger charge is 2.19. The van der Waals surface area contributed by atoms with Crippen LogP contribution in [0.25, 0.3) is 0 Å². The first-order valence-corrected chi connectivity index (χ1v) is 6.44. The van der Waals surface area contributed by atoms with Crippen LogP contribution in [0, 0.1) is 11.3 Å². The summed E-state index contributed by atoms with van der Waals surface area (Å²) in [4.78, 5) is 12.0. The Morgan fingerprint density at radius 3 is 3.15 bits per heavy atom. The van der Waals surface area contributed by atoms with Gasteiger partial charge in [0.1, 0.15) is 17.5 Å². The van der Waals surface area contributed by atoms with Crippen LogP contribution in [0.2, 0.25) is 0 Å². The largest absolute Gasteiger partial charge is 0.495 e. The molecule has 1 aromatic rings. The average Bonchev–Trinajstić information content (AvgIpc) is 2.48. The van der Waals surface area contributed by atoms with E-state index in [2.05, 4.69) is 10.6 Å². The molecule has 2 rings (SSSR count). The van der Waals surface area contributed by atoms with Crippen molar-refractivity contribution >= 4 is 11.6 Å². The van der Waals surface area contributed by atoms with Crippen LogP contribution in [0.1, 0.15) is 12.0 Å². The molecule has 1 amide bonds. The quantitative estimate of drug-likeness (QED) is 0.852. The Hall–Kier alpha value is -2.10. The van der Waals surface area contributed by atoms with Crippen molar-refractivity contribution in [3.05, 3.63) is 23.8 Å². The number of carbonyl (C=O) groups excluding carboxylic acids is 1. The number of amides is 1. The fourth-order valence-corrected chi connectivity index (χ4v) is 2.07. The number of ether oxygens (including phenoxy) is 2. The first kappa shape index (κ1) is 14.3. The van der Waals surface area contributed by atoms with Crippen molar-refractivity contribution in [2.45, 2.75) is 12.5 Å². The Kier molecular flexibility index (Phi) is 4.93. The molecule has 1 aliphatic heterocycles. The highest BCUT2D eigenvalue weighted by Crippen LogP contribution is 2.28. The Bertz CT molecular complexity index is 519. The van der Waals surface area contributed by atoms with Crippen molar-refractivity contribution in [3.63, 3.8) is 0 Å². The first-order chi connectivity index (χ1) is 9.74. The summed E-state index contributed by atoms with van der Waals surface area (Å²) >= 11 is 0. The van der Waals surface area contributed by atoms with Crippen molar-refractivity contribution in [3.8, 4) is 11.8 Å². The topological polar surface area (TPSA) is 83.4 Å². The van der Waals surface area contributed by atoms with Crippen molar-refractivity contribution in [2.24, 2.45) is 0 Å². The molecule has 20 heavy (non-hydrogen) atoms. The number of nitriles is 1. The van der Waals surface area contributed by atoms with Gasteiger partial charge in [0.25, 0.3) is 0 Å². The summed E-state index contributed by atoms with van der Waals surface area (Å²) in [6.07, 6.45) is 0.111. The summed E-state index contributed by atoms with van der Waals surface area (Å²) in [5.41, 5.74) is 0.784. The Labute approximate surface area is 117 Å².